The number of nitrogens with one attached hydrogen (secondary N) is 1. The number of benzene rings is 1. The van der Waals surface area contributed by atoms with Gasteiger partial charge in [-0.2, -0.15) is 0 Å². The highest BCUT2D eigenvalue weighted by Crippen LogP contribution is 2.40. The Kier molecular flexibility index (Phi) is 4.42. The minimum atomic E-state index is -0.0765. The Labute approximate surface area is 151 Å². The summed E-state index contributed by atoms with van der Waals surface area (Å²) in [5.41, 5.74) is 2.99. The molecule has 0 radical (unpaired) electrons. The smallest absolute Gasteiger partial charge is 0.200 e. The second-order valence-electron chi connectivity index (χ2n) is 6.70. The molecule has 0 bridgehead atoms. The zero-order valence-corrected chi connectivity index (χ0v) is 15.0. The van der Waals surface area contributed by atoms with Gasteiger partial charge in [-0.3, -0.25) is 0 Å². The molecule has 0 unspecified atom stereocenters. The van der Waals surface area contributed by atoms with Gasteiger partial charge in [-0.15, -0.1) is 14.8 Å². The number of ether oxygens (including phenoxy) is 2. The third-order valence-corrected chi connectivity index (χ3v) is 5.05. The van der Waals surface area contributed by atoms with E-state index in [1.165, 1.54) is 15.8 Å². The number of hydrogen-bond donors (Lipinski definition) is 1. The monoisotopic (exact) mass is 354 g/mol. The molecule has 8 nitrogen and oxygen atoms in total. The molecule has 1 aliphatic rings. The van der Waals surface area contributed by atoms with E-state index in [4.69, 9.17) is 9.47 Å². The second kappa shape index (κ2) is 6.87. The Morgan fingerprint density at radius 3 is 2.88 bits per heavy atom. The van der Waals surface area contributed by atoms with E-state index in [-0.39, 0.29) is 5.41 Å². The molecule has 8 heteroatoms. The van der Waals surface area contributed by atoms with Crippen LogP contribution in [0.5, 0.6) is 5.75 Å². The molecule has 0 saturated carbocycles. The summed E-state index contributed by atoms with van der Waals surface area (Å²) in [7, 11) is 1.72. The summed E-state index contributed by atoms with van der Waals surface area (Å²) in [6, 6.07) is 10.1. The summed E-state index contributed by atoms with van der Waals surface area (Å²) < 4.78 is 12.7. The summed E-state index contributed by atoms with van der Waals surface area (Å²) in [6.07, 6.45) is 1.85. The number of nitrogens with zero attached hydrogens (tertiary/aromatic N) is 5. The van der Waals surface area contributed by atoms with Crippen molar-refractivity contribution in [3.05, 3.63) is 41.5 Å². The van der Waals surface area contributed by atoms with E-state index in [1.807, 2.05) is 18.2 Å². The van der Waals surface area contributed by atoms with E-state index in [0.29, 0.717) is 5.65 Å². The molecular weight excluding hydrogens is 332 g/mol. The number of tetrazole rings is 1. The summed E-state index contributed by atoms with van der Waals surface area (Å²) >= 11 is 0. The van der Waals surface area contributed by atoms with Crippen molar-refractivity contribution < 1.29 is 9.47 Å². The maximum absolute atomic E-state index is 5.66. The first kappa shape index (κ1) is 16.7. The molecule has 26 heavy (non-hydrogen) atoms. The molecular formula is C18H22N6O2. The SMILES string of the molecule is COc1ccc(C)cc1C1(CNc2ccc3nnnn3n2)CCOCC1. The van der Waals surface area contributed by atoms with E-state index >= 15 is 0 Å². The molecule has 0 aliphatic carbocycles. The van der Waals surface area contributed by atoms with Crippen molar-refractivity contribution in [2.45, 2.75) is 25.2 Å². The number of anilines is 1. The molecule has 1 aromatic carbocycles. The van der Waals surface area contributed by atoms with Gasteiger partial charge in [0.15, 0.2) is 5.65 Å². The van der Waals surface area contributed by atoms with Crippen LogP contribution in [0.2, 0.25) is 0 Å². The lowest BCUT2D eigenvalue weighted by Crippen LogP contribution is -2.40. The van der Waals surface area contributed by atoms with Crippen molar-refractivity contribution in [2.24, 2.45) is 0 Å². The fourth-order valence-corrected chi connectivity index (χ4v) is 3.54. The molecule has 1 aliphatic heterocycles. The first-order chi connectivity index (χ1) is 12.7. The van der Waals surface area contributed by atoms with Gasteiger partial charge in [0.05, 0.1) is 7.11 Å². The van der Waals surface area contributed by atoms with Crippen LogP contribution in [0.3, 0.4) is 0 Å². The van der Waals surface area contributed by atoms with Crippen LogP contribution in [0, 0.1) is 6.92 Å². The highest BCUT2D eigenvalue weighted by molar-refractivity contribution is 5.46. The van der Waals surface area contributed by atoms with Gasteiger partial charge in [-0.1, -0.05) is 17.7 Å². The van der Waals surface area contributed by atoms with E-state index < -0.39 is 0 Å². The van der Waals surface area contributed by atoms with Gasteiger partial charge in [0.25, 0.3) is 0 Å². The molecule has 2 aromatic heterocycles. The van der Waals surface area contributed by atoms with Gasteiger partial charge in [0, 0.05) is 30.7 Å². The van der Waals surface area contributed by atoms with E-state index in [2.05, 4.69) is 45.0 Å². The molecule has 0 amide bonds. The summed E-state index contributed by atoms with van der Waals surface area (Å²) in [4.78, 5) is 0. The van der Waals surface area contributed by atoms with Gasteiger partial charge in [0.1, 0.15) is 11.6 Å². The molecule has 3 aromatic rings. The Hall–Kier alpha value is -2.74. The van der Waals surface area contributed by atoms with Crippen molar-refractivity contribution in [2.75, 3.05) is 32.2 Å². The number of hydrogen-bond acceptors (Lipinski definition) is 7. The Balaban J connectivity index is 1.65. The number of aryl methyl sites for hydroxylation is 1. The van der Waals surface area contributed by atoms with Crippen molar-refractivity contribution in [3.8, 4) is 5.75 Å². The lowest BCUT2D eigenvalue weighted by atomic mass is 9.73. The van der Waals surface area contributed by atoms with Crippen LogP contribution >= 0.6 is 0 Å². The fraction of sp³-hybridized carbons (Fsp3) is 0.444. The first-order valence-electron chi connectivity index (χ1n) is 8.72. The molecule has 4 rings (SSSR count). The van der Waals surface area contributed by atoms with Crippen molar-refractivity contribution in [1.82, 2.24) is 25.3 Å². The minimum Gasteiger partial charge on any atom is -0.496 e. The highest BCUT2D eigenvalue weighted by atomic mass is 16.5. The summed E-state index contributed by atoms with van der Waals surface area (Å²) in [6.45, 7) is 4.31. The van der Waals surface area contributed by atoms with Crippen LogP contribution in [-0.2, 0) is 10.2 Å². The number of aromatic nitrogens is 5. The van der Waals surface area contributed by atoms with Crippen molar-refractivity contribution in [1.29, 1.82) is 0 Å². The Morgan fingerprint density at radius 2 is 2.08 bits per heavy atom. The lowest BCUT2D eigenvalue weighted by Gasteiger charge is -2.39. The van der Waals surface area contributed by atoms with E-state index in [1.54, 1.807) is 7.11 Å². The lowest BCUT2D eigenvalue weighted by molar-refractivity contribution is 0.0535. The molecule has 3 heterocycles. The quantitative estimate of drug-likeness (QED) is 0.750. The number of fused-ring (bicyclic) bond motifs is 1. The van der Waals surface area contributed by atoms with Gasteiger partial charge in [0.2, 0.25) is 0 Å². The van der Waals surface area contributed by atoms with Crippen LogP contribution in [0.1, 0.15) is 24.0 Å². The van der Waals surface area contributed by atoms with Crippen LogP contribution in [0.15, 0.2) is 30.3 Å². The Bertz CT molecular complexity index is 904. The average molecular weight is 354 g/mol. The molecule has 1 fully saturated rings. The molecule has 136 valence electrons. The van der Waals surface area contributed by atoms with Gasteiger partial charge < -0.3 is 14.8 Å². The molecule has 1 N–H and O–H groups in total. The van der Waals surface area contributed by atoms with Crippen LogP contribution in [-0.4, -0.2) is 52.1 Å². The third kappa shape index (κ3) is 3.08. The maximum Gasteiger partial charge on any atom is 0.200 e. The molecule has 1 saturated heterocycles. The van der Waals surface area contributed by atoms with Crippen molar-refractivity contribution >= 4 is 11.5 Å². The predicted molar refractivity (Wildman–Crippen MR) is 96.5 cm³/mol. The molecule has 0 spiro atoms. The van der Waals surface area contributed by atoms with Gasteiger partial charge in [-0.05, 0) is 48.4 Å². The normalized spacial score (nSPS) is 16.5. The predicted octanol–water partition coefficient (Wildman–Crippen LogP) is 2.00. The van der Waals surface area contributed by atoms with Crippen LogP contribution in [0.4, 0.5) is 5.82 Å². The second-order valence-corrected chi connectivity index (χ2v) is 6.70. The first-order valence-corrected chi connectivity index (χ1v) is 8.72. The third-order valence-electron chi connectivity index (χ3n) is 5.05. The molecule has 0 atom stereocenters. The zero-order chi connectivity index (χ0) is 18.0. The van der Waals surface area contributed by atoms with E-state index in [0.717, 1.165) is 44.2 Å². The minimum absolute atomic E-state index is 0.0765. The number of rotatable bonds is 5. The largest absolute Gasteiger partial charge is 0.496 e. The van der Waals surface area contributed by atoms with Gasteiger partial charge >= 0.3 is 0 Å². The standard InChI is InChI=1S/C18H22N6O2/c1-13-3-4-15(25-2)14(11-13)18(7-9-26-10-8-18)12-19-16-5-6-17-20-22-23-24(17)21-16/h3-6,11H,7-10,12H2,1-2H3,(H,19,21). The highest BCUT2D eigenvalue weighted by Gasteiger charge is 2.37. The summed E-state index contributed by atoms with van der Waals surface area (Å²) in [5, 5.41) is 19.2. The van der Waals surface area contributed by atoms with Crippen molar-refractivity contribution in [3.63, 3.8) is 0 Å². The summed E-state index contributed by atoms with van der Waals surface area (Å²) in [5.74, 6) is 1.66. The number of methoxy groups -OCH3 is 1. The maximum atomic E-state index is 5.66. The fourth-order valence-electron chi connectivity index (χ4n) is 3.54. The Morgan fingerprint density at radius 1 is 1.23 bits per heavy atom. The van der Waals surface area contributed by atoms with Crippen LogP contribution < -0.4 is 10.1 Å². The zero-order valence-electron chi connectivity index (χ0n) is 15.0. The average Bonchev–Trinajstić information content (AvgIpc) is 3.15. The van der Waals surface area contributed by atoms with Gasteiger partial charge in [-0.25, -0.2) is 0 Å². The van der Waals surface area contributed by atoms with Crippen LogP contribution in [0.25, 0.3) is 5.65 Å². The topological polar surface area (TPSA) is 86.5 Å². The van der Waals surface area contributed by atoms with E-state index in [9.17, 15) is 0 Å².